The van der Waals surface area contributed by atoms with Crippen molar-refractivity contribution in [1.29, 1.82) is 0 Å². The van der Waals surface area contributed by atoms with Crippen molar-refractivity contribution in [2.75, 3.05) is 6.61 Å². The Morgan fingerprint density at radius 1 is 1.19 bits per heavy atom. The number of carbonyl (C=O) groups is 1. The molecule has 0 spiro atoms. The van der Waals surface area contributed by atoms with Gasteiger partial charge < -0.3 is 10.1 Å². The largest absolute Gasteiger partial charge is 0.484 e. The van der Waals surface area contributed by atoms with E-state index in [2.05, 4.69) is 5.32 Å². The zero-order valence-corrected chi connectivity index (χ0v) is 12.1. The second-order valence-corrected chi connectivity index (χ2v) is 4.89. The van der Waals surface area contributed by atoms with Crippen molar-refractivity contribution < 1.29 is 13.9 Å². The highest BCUT2D eigenvalue weighted by atomic mass is 19.1. The lowest BCUT2D eigenvalue weighted by atomic mass is 10.1. The third kappa shape index (κ3) is 4.31. The molecule has 21 heavy (non-hydrogen) atoms. The zero-order valence-electron chi connectivity index (χ0n) is 12.1. The normalized spacial score (nSPS) is 11.8. The van der Waals surface area contributed by atoms with Crippen molar-refractivity contribution >= 4 is 5.91 Å². The SMILES string of the molecule is Cc1ccccc1OCC(=O)N[C@H](C)c1ccc(F)cc1. The fourth-order valence-electron chi connectivity index (χ4n) is 1.98. The fraction of sp³-hybridized carbons (Fsp3) is 0.235. The molecule has 2 rings (SSSR count). The molecule has 0 radical (unpaired) electrons. The van der Waals surface area contributed by atoms with Gasteiger partial charge in [-0.25, -0.2) is 4.39 Å². The Morgan fingerprint density at radius 2 is 1.86 bits per heavy atom. The summed E-state index contributed by atoms with van der Waals surface area (Å²) in [6.45, 7) is 3.73. The van der Waals surface area contributed by atoms with Gasteiger partial charge in [-0.15, -0.1) is 0 Å². The second kappa shape index (κ2) is 6.88. The molecule has 0 saturated carbocycles. The van der Waals surface area contributed by atoms with Gasteiger partial charge in [-0.05, 0) is 43.2 Å². The van der Waals surface area contributed by atoms with Gasteiger partial charge in [0.15, 0.2) is 6.61 Å². The van der Waals surface area contributed by atoms with Crippen LogP contribution in [0.4, 0.5) is 4.39 Å². The minimum atomic E-state index is -0.292. The van der Waals surface area contributed by atoms with Crippen LogP contribution in [0.15, 0.2) is 48.5 Å². The molecule has 110 valence electrons. The van der Waals surface area contributed by atoms with E-state index in [4.69, 9.17) is 4.74 Å². The molecule has 0 aliphatic carbocycles. The van der Waals surface area contributed by atoms with Gasteiger partial charge in [-0.2, -0.15) is 0 Å². The van der Waals surface area contributed by atoms with Crippen molar-refractivity contribution in [2.24, 2.45) is 0 Å². The number of aryl methyl sites for hydroxylation is 1. The van der Waals surface area contributed by atoms with E-state index in [1.807, 2.05) is 38.1 Å². The molecule has 0 heterocycles. The number of hydrogen-bond acceptors (Lipinski definition) is 2. The number of hydrogen-bond donors (Lipinski definition) is 1. The van der Waals surface area contributed by atoms with Gasteiger partial charge in [0, 0.05) is 0 Å². The van der Waals surface area contributed by atoms with Gasteiger partial charge in [0.25, 0.3) is 5.91 Å². The van der Waals surface area contributed by atoms with E-state index in [0.29, 0.717) is 5.75 Å². The van der Waals surface area contributed by atoms with Crippen molar-refractivity contribution in [3.05, 3.63) is 65.5 Å². The lowest BCUT2D eigenvalue weighted by Gasteiger charge is -2.15. The van der Waals surface area contributed by atoms with Gasteiger partial charge in [0.2, 0.25) is 0 Å². The van der Waals surface area contributed by atoms with Gasteiger partial charge >= 0.3 is 0 Å². The average Bonchev–Trinajstić information content (AvgIpc) is 2.47. The van der Waals surface area contributed by atoms with Crippen LogP contribution < -0.4 is 10.1 Å². The van der Waals surface area contributed by atoms with Gasteiger partial charge in [-0.1, -0.05) is 30.3 Å². The molecule has 0 bridgehead atoms. The number of benzene rings is 2. The molecule has 3 nitrogen and oxygen atoms in total. The number of para-hydroxylation sites is 1. The van der Waals surface area contributed by atoms with Crippen LogP contribution in [0, 0.1) is 12.7 Å². The first-order valence-corrected chi connectivity index (χ1v) is 6.79. The molecular weight excluding hydrogens is 269 g/mol. The Bertz CT molecular complexity index is 610. The maximum absolute atomic E-state index is 12.9. The van der Waals surface area contributed by atoms with Crippen LogP contribution in [0.3, 0.4) is 0 Å². The van der Waals surface area contributed by atoms with Crippen LogP contribution in [-0.4, -0.2) is 12.5 Å². The van der Waals surface area contributed by atoms with Crippen LogP contribution in [0.25, 0.3) is 0 Å². The number of ether oxygens (including phenoxy) is 1. The second-order valence-electron chi connectivity index (χ2n) is 4.89. The van der Waals surface area contributed by atoms with E-state index < -0.39 is 0 Å². The van der Waals surface area contributed by atoms with E-state index in [1.54, 1.807) is 12.1 Å². The van der Waals surface area contributed by atoms with Crippen LogP contribution in [0.1, 0.15) is 24.1 Å². The molecule has 0 aromatic heterocycles. The quantitative estimate of drug-likeness (QED) is 0.915. The maximum Gasteiger partial charge on any atom is 0.258 e. The average molecular weight is 287 g/mol. The summed E-state index contributed by atoms with van der Waals surface area (Å²) < 4.78 is 18.3. The Balaban J connectivity index is 1.87. The molecule has 4 heteroatoms. The number of amides is 1. The minimum Gasteiger partial charge on any atom is -0.484 e. The van der Waals surface area contributed by atoms with Crippen LogP contribution in [-0.2, 0) is 4.79 Å². The van der Waals surface area contributed by atoms with Crippen molar-refractivity contribution in [3.8, 4) is 5.75 Å². The Labute approximate surface area is 123 Å². The first kappa shape index (κ1) is 15.0. The van der Waals surface area contributed by atoms with Crippen molar-refractivity contribution in [2.45, 2.75) is 19.9 Å². The van der Waals surface area contributed by atoms with Gasteiger partial charge in [0.1, 0.15) is 11.6 Å². The van der Waals surface area contributed by atoms with E-state index in [0.717, 1.165) is 11.1 Å². The third-order valence-electron chi connectivity index (χ3n) is 3.20. The fourth-order valence-corrected chi connectivity index (χ4v) is 1.98. The third-order valence-corrected chi connectivity index (χ3v) is 3.20. The molecule has 0 aliphatic rings. The molecule has 2 aromatic rings. The number of nitrogens with one attached hydrogen (secondary N) is 1. The first-order chi connectivity index (χ1) is 10.1. The summed E-state index contributed by atoms with van der Waals surface area (Å²) in [5.74, 6) is 0.192. The Morgan fingerprint density at radius 3 is 2.52 bits per heavy atom. The van der Waals surface area contributed by atoms with Gasteiger partial charge in [-0.3, -0.25) is 4.79 Å². The highest BCUT2D eigenvalue weighted by Gasteiger charge is 2.10. The smallest absolute Gasteiger partial charge is 0.258 e. The monoisotopic (exact) mass is 287 g/mol. The molecule has 1 amide bonds. The lowest BCUT2D eigenvalue weighted by Crippen LogP contribution is -2.31. The van der Waals surface area contributed by atoms with E-state index in [9.17, 15) is 9.18 Å². The topological polar surface area (TPSA) is 38.3 Å². The summed E-state index contributed by atoms with van der Waals surface area (Å²) in [4.78, 5) is 11.9. The van der Waals surface area contributed by atoms with E-state index >= 15 is 0 Å². The number of halogens is 1. The maximum atomic E-state index is 12.9. The summed E-state index contributed by atoms with van der Waals surface area (Å²) in [6, 6.07) is 13.4. The predicted molar refractivity (Wildman–Crippen MR) is 79.6 cm³/mol. The van der Waals surface area contributed by atoms with Crippen molar-refractivity contribution in [3.63, 3.8) is 0 Å². The summed E-state index contributed by atoms with van der Waals surface area (Å²) in [5.41, 5.74) is 1.83. The van der Waals surface area contributed by atoms with Gasteiger partial charge in [0.05, 0.1) is 6.04 Å². The van der Waals surface area contributed by atoms with Crippen LogP contribution in [0.2, 0.25) is 0 Å². The first-order valence-electron chi connectivity index (χ1n) is 6.79. The van der Waals surface area contributed by atoms with E-state index in [1.165, 1.54) is 12.1 Å². The molecule has 1 atom stereocenters. The van der Waals surface area contributed by atoms with Crippen LogP contribution in [0.5, 0.6) is 5.75 Å². The minimum absolute atomic E-state index is 0.0452. The molecule has 0 saturated heterocycles. The molecule has 0 fully saturated rings. The van der Waals surface area contributed by atoms with Crippen molar-refractivity contribution in [1.82, 2.24) is 5.32 Å². The molecular formula is C17H18FNO2. The lowest BCUT2D eigenvalue weighted by molar-refractivity contribution is -0.123. The molecule has 0 unspecified atom stereocenters. The predicted octanol–water partition coefficient (Wildman–Crippen LogP) is 3.39. The highest BCUT2D eigenvalue weighted by molar-refractivity contribution is 5.78. The molecule has 1 N–H and O–H groups in total. The molecule has 0 aliphatic heterocycles. The standard InChI is InChI=1S/C17H18FNO2/c1-12-5-3-4-6-16(12)21-11-17(20)19-13(2)14-7-9-15(18)10-8-14/h3-10,13H,11H2,1-2H3,(H,19,20)/t13-/m1/s1. The van der Waals surface area contributed by atoms with Crippen LogP contribution >= 0.6 is 0 Å². The number of rotatable bonds is 5. The number of carbonyl (C=O) groups excluding carboxylic acids is 1. The van der Waals surface area contributed by atoms with E-state index in [-0.39, 0.29) is 24.4 Å². The molecule has 2 aromatic carbocycles. The summed E-state index contributed by atoms with van der Waals surface area (Å²) in [7, 11) is 0. The Kier molecular flexibility index (Phi) is 4.93. The summed E-state index contributed by atoms with van der Waals surface area (Å²) in [6.07, 6.45) is 0. The Hall–Kier alpha value is -2.36. The zero-order chi connectivity index (χ0) is 15.2. The summed E-state index contributed by atoms with van der Waals surface area (Å²) >= 11 is 0. The summed E-state index contributed by atoms with van der Waals surface area (Å²) in [5, 5.41) is 2.82. The highest BCUT2D eigenvalue weighted by Crippen LogP contribution is 2.16.